The lowest BCUT2D eigenvalue weighted by molar-refractivity contribution is -0.124. The first-order chi connectivity index (χ1) is 12.0. The van der Waals surface area contributed by atoms with E-state index in [4.69, 9.17) is 11.6 Å². The van der Waals surface area contributed by atoms with Crippen LogP contribution < -0.4 is 5.32 Å². The fourth-order valence-corrected chi connectivity index (χ4v) is 3.18. The topological polar surface area (TPSA) is 57.8 Å². The van der Waals surface area contributed by atoms with Gasteiger partial charge in [0.25, 0.3) is 0 Å². The van der Waals surface area contributed by atoms with Crippen molar-refractivity contribution in [2.45, 2.75) is 32.7 Å². The third-order valence-corrected chi connectivity index (χ3v) is 4.61. The second-order valence-electron chi connectivity index (χ2n) is 6.64. The summed E-state index contributed by atoms with van der Waals surface area (Å²) in [6.45, 7) is 6.03. The van der Waals surface area contributed by atoms with Gasteiger partial charge >= 0.3 is 0 Å². The molecule has 1 heterocycles. The predicted molar refractivity (Wildman–Crippen MR) is 102 cm³/mol. The molecule has 0 aliphatic rings. The Labute approximate surface area is 152 Å². The summed E-state index contributed by atoms with van der Waals surface area (Å²) in [4.78, 5) is 20.7. The van der Waals surface area contributed by atoms with E-state index in [1.54, 1.807) is 0 Å². The number of carbonyl (C=O) groups is 1. The van der Waals surface area contributed by atoms with E-state index in [1.807, 2.05) is 69.3 Å². The van der Waals surface area contributed by atoms with E-state index in [-0.39, 0.29) is 23.8 Å². The number of fused-ring (bicyclic) bond motifs is 1. The highest BCUT2D eigenvalue weighted by atomic mass is 35.5. The normalized spacial score (nSPS) is 13.8. The Kier molecular flexibility index (Phi) is 5.09. The molecule has 0 bridgehead atoms. The Morgan fingerprint density at radius 3 is 2.40 bits per heavy atom. The molecule has 2 aromatic carbocycles. The van der Waals surface area contributed by atoms with E-state index in [1.165, 1.54) is 0 Å². The molecular weight excluding hydrogens is 334 g/mol. The summed E-state index contributed by atoms with van der Waals surface area (Å²) in [7, 11) is 0. The summed E-state index contributed by atoms with van der Waals surface area (Å²) in [6, 6.07) is 15.1. The SMILES string of the molecule is CC(C)[C@H](C(=O)N[C@@H](C)c1nc2ccccc2[nH]1)c1ccc(Cl)cc1. The molecule has 0 saturated carbocycles. The van der Waals surface area contributed by atoms with Crippen molar-refractivity contribution in [3.63, 3.8) is 0 Å². The number of aromatic amines is 1. The van der Waals surface area contributed by atoms with Crippen LogP contribution in [0.15, 0.2) is 48.5 Å². The molecular formula is C20H22ClN3O. The Bertz CT molecular complexity index is 837. The third-order valence-electron chi connectivity index (χ3n) is 4.35. The number of halogens is 1. The van der Waals surface area contributed by atoms with Crippen molar-refractivity contribution in [3.05, 3.63) is 64.9 Å². The average molecular weight is 356 g/mol. The number of nitrogens with zero attached hydrogens (tertiary/aromatic N) is 1. The second kappa shape index (κ2) is 7.28. The summed E-state index contributed by atoms with van der Waals surface area (Å²) in [5.74, 6) is 0.687. The first-order valence-corrected chi connectivity index (χ1v) is 8.84. The maximum Gasteiger partial charge on any atom is 0.228 e. The van der Waals surface area contributed by atoms with E-state index in [2.05, 4.69) is 15.3 Å². The maximum absolute atomic E-state index is 12.9. The summed E-state index contributed by atoms with van der Waals surface area (Å²) >= 11 is 5.97. The lowest BCUT2D eigenvalue weighted by Gasteiger charge is -2.23. The fraction of sp³-hybridized carbons (Fsp3) is 0.300. The first kappa shape index (κ1) is 17.5. The monoisotopic (exact) mass is 355 g/mol. The molecule has 0 saturated heterocycles. The number of para-hydroxylation sites is 2. The van der Waals surface area contributed by atoms with Gasteiger partial charge in [0.1, 0.15) is 5.82 Å². The van der Waals surface area contributed by atoms with Crippen LogP contribution in [0.3, 0.4) is 0 Å². The van der Waals surface area contributed by atoms with Gasteiger partial charge in [0.2, 0.25) is 5.91 Å². The molecule has 0 unspecified atom stereocenters. The highest BCUT2D eigenvalue weighted by Crippen LogP contribution is 2.27. The molecule has 2 atom stereocenters. The van der Waals surface area contributed by atoms with Gasteiger partial charge in [-0.3, -0.25) is 4.79 Å². The standard InChI is InChI=1S/C20H22ClN3O/c1-12(2)18(14-8-10-15(21)11-9-14)20(25)22-13(3)19-23-16-6-4-5-7-17(16)24-19/h4-13,18H,1-3H3,(H,22,25)(H,23,24)/t13-,18-/m0/s1. The summed E-state index contributed by atoms with van der Waals surface area (Å²) in [5.41, 5.74) is 2.84. The van der Waals surface area contributed by atoms with E-state index >= 15 is 0 Å². The Balaban J connectivity index is 1.79. The average Bonchev–Trinajstić information content (AvgIpc) is 3.01. The van der Waals surface area contributed by atoms with Gasteiger partial charge in [-0.05, 0) is 42.7 Å². The molecule has 3 rings (SSSR count). The predicted octanol–water partition coefficient (Wildman–Crippen LogP) is 4.83. The molecule has 0 spiro atoms. The lowest BCUT2D eigenvalue weighted by Crippen LogP contribution is -2.34. The summed E-state index contributed by atoms with van der Waals surface area (Å²) < 4.78 is 0. The number of H-pyrrole nitrogens is 1. The van der Waals surface area contributed by atoms with Crippen molar-refractivity contribution in [2.75, 3.05) is 0 Å². The molecule has 0 aliphatic carbocycles. The van der Waals surface area contributed by atoms with Crippen LogP contribution in [-0.2, 0) is 4.79 Å². The molecule has 0 radical (unpaired) electrons. The van der Waals surface area contributed by atoms with Crippen LogP contribution in [0.1, 0.15) is 44.1 Å². The van der Waals surface area contributed by atoms with Crippen molar-refractivity contribution in [1.29, 1.82) is 0 Å². The molecule has 130 valence electrons. The highest BCUT2D eigenvalue weighted by Gasteiger charge is 2.26. The van der Waals surface area contributed by atoms with Crippen LogP contribution in [0, 0.1) is 5.92 Å². The fourth-order valence-electron chi connectivity index (χ4n) is 3.06. The van der Waals surface area contributed by atoms with Gasteiger partial charge in [0.15, 0.2) is 0 Å². The zero-order valence-electron chi connectivity index (χ0n) is 14.6. The van der Waals surface area contributed by atoms with Gasteiger partial charge in [-0.1, -0.05) is 49.7 Å². The number of amides is 1. The highest BCUT2D eigenvalue weighted by molar-refractivity contribution is 6.30. The van der Waals surface area contributed by atoms with Crippen LogP contribution in [0.25, 0.3) is 11.0 Å². The van der Waals surface area contributed by atoms with Crippen molar-refractivity contribution < 1.29 is 4.79 Å². The van der Waals surface area contributed by atoms with Crippen molar-refractivity contribution >= 4 is 28.5 Å². The molecule has 0 aliphatic heterocycles. The third kappa shape index (κ3) is 3.85. The zero-order valence-corrected chi connectivity index (χ0v) is 15.3. The van der Waals surface area contributed by atoms with Gasteiger partial charge in [0.05, 0.1) is 23.0 Å². The first-order valence-electron chi connectivity index (χ1n) is 8.46. The molecule has 2 N–H and O–H groups in total. The van der Waals surface area contributed by atoms with Crippen LogP contribution in [0.5, 0.6) is 0 Å². The molecule has 3 aromatic rings. The van der Waals surface area contributed by atoms with E-state index in [0.717, 1.165) is 22.4 Å². The van der Waals surface area contributed by atoms with Crippen molar-refractivity contribution in [2.24, 2.45) is 5.92 Å². The van der Waals surface area contributed by atoms with Crippen LogP contribution in [0.4, 0.5) is 0 Å². The largest absolute Gasteiger partial charge is 0.346 e. The van der Waals surface area contributed by atoms with Crippen LogP contribution in [0.2, 0.25) is 5.02 Å². The van der Waals surface area contributed by atoms with Gasteiger partial charge in [0, 0.05) is 5.02 Å². The van der Waals surface area contributed by atoms with Crippen molar-refractivity contribution in [3.8, 4) is 0 Å². The Morgan fingerprint density at radius 1 is 1.08 bits per heavy atom. The molecule has 4 nitrogen and oxygen atoms in total. The lowest BCUT2D eigenvalue weighted by atomic mass is 9.87. The molecule has 1 amide bonds. The number of imidazole rings is 1. The van der Waals surface area contributed by atoms with E-state index in [9.17, 15) is 4.79 Å². The zero-order chi connectivity index (χ0) is 18.0. The molecule has 5 heteroatoms. The Morgan fingerprint density at radius 2 is 1.76 bits per heavy atom. The smallest absolute Gasteiger partial charge is 0.228 e. The number of hydrogen-bond donors (Lipinski definition) is 2. The number of carbonyl (C=O) groups excluding carboxylic acids is 1. The van der Waals surface area contributed by atoms with Crippen LogP contribution >= 0.6 is 11.6 Å². The molecule has 0 fully saturated rings. The number of aromatic nitrogens is 2. The quantitative estimate of drug-likeness (QED) is 0.688. The maximum atomic E-state index is 12.9. The molecule has 1 aromatic heterocycles. The van der Waals surface area contributed by atoms with Gasteiger partial charge in [-0.15, -0.1) is 0 Å². The second-order valence-corrected chi connectivity index (χ2v) is 7.08. The van der Waals surface area contributed by atoms with Gasteiger partial charge < -0.3 is 10.3 Å². The number of nitrogens with one attached hydrogen (secondary N) is 2. The number of hydrogen-bond acceptors (Lipinski definition) is 2. The minimum absolute atomic E-state index is 0.00900. The van der Waals surface area contributed by atoms with Crippen molar-refractivity contribution in [1.82, 2.24) is 15.3 Å². The van der Waals surface area contributed by atoms with Crippen LogP contribution in [-0.4, -0.2) is 15.9 Å². The minimum Gasteiger partial charge on any atom is -0.346 e. The summed E-state index contributed by atoms with van der Waals surface area (Å²) in [5, 5.41) is 3.75. The number of benzene rings is 2. The summed E-state index contributed by atoms with van der Waals surface area (Å²) in [6.07, 6.45) is 0. The Hall–Kier alpha value is -2.33. The minimum atomic E-state index is -0.232. The van der Waals surface area contributed by atoms with Gasteiger partial charge in [-0.25, -0.2) is 4.98 Å². The van der Waals surface area contributed by atoms with E-state index < -0.39 is 0 Å². The molecule has 25 heavy (non-hydrogen) atoms. The van der Waals surface area contributed by atoms with E-state index in [0.29, 0.717) is 5.02 Å². The van der Waals surface area contributed by atoms with Gasteiger partial charge in [-0.2, -0.15) is 0 Å². The number of rotatable bonds is 5.